The van der Waals surface area contributed by atoms with Crippen molar-refractivity contribution in [3.8, 4) is 0 Å². The van der Waals surface area contributed by atoms with Crippen molar-refractivity contribution in [2.24, 2.45) is 9.98 Å². The molecule has 3 rings (SSSR count). The van der Waals surface area contributed by atoms with Crippen LogP contribution in [0.2, 0.25) is 10.0 Å². The van der Waals surface area contributed by atoms with Crippen LogP contribution in [0.5, 0.6) is 0 Å². The first-order valence-corrected chi connectivity index (χ1v) is 12.2. The Balaban J connectivity index is 2.05. The third-order valence-corrected chi connectivity index (χ3v) is 6.25. The van der Waals surface area contributed by atoms with E-state index in [0.29, 0.717) is 10.0 Å². The summed E-state index contributed by atoms with van der Waals surface area (Å²) in [7, 11) is 0. The first-order valence-electron chi connectivity index (χ1n) is 11.5. The van der Waals surface area contributed by atoms with Crippen LogP contribution in [-0.2, 0) is 10.8 Å². The number of nitrogens with zero attached hydrogens (tertiary/aromatic N) is 3. The molecule has 0 N–H and O–H groups in total. The third kappa shape index (κ3) is 5.95. The first kappa shape index (κ1) is 26.1. The van der Waals surface area contributed by atoms with Gasteiger partial charge in [-0.15, -0.1) is 0 Å². The second-order valence-electron chi connectivity index (χ2n) is 10.6. The van der Waals surface area contributed by atoms with E-state index < -0.39 is 0 Å². The average Bonchev–Trinajstić information content (AvgIpc) is 2.75. The quantitative estimate of drug-likeness (QED) is 0.333. The minimum Gasteiger partial charge on any atom is -0.250 e. The standard InChI is InChI=1S/C29H33Cl2N3/c1-18(32-26-20(28(3,4)5)12-9-14-22(26)30)24-16-11-17-25(34-24)19(2)33-27-21(29(6,7)8)13-10-15-23(27)31/h9-17H,1-8H3. The number of pyridine rings is 1. The molecular formula is C29H33Cl2N3. The molecule has 0 spiro atoms. The largest absolute Gasteiger partial charge is 0.250 e. The molecule has 34 heavy (non-hydrogen) atoms. The second-order valence-corrected chi connectivity index (χ2v) is 11.4. The van der Waals surface area contributed by atoms with Crippen LogP contribution in [0.3, 0.4) is 0 Å². The topological polar surface area (TPSA) is 37.6 Å². The van der Waals surface area contributed by atoms with E-state index in [9.17, 15) is 0 Å². The van der Waals surface area contributed by atoms with Gasteiger partial charge >= 0.3 is 0 Å². The Morgan fingerprint density at radius 1 is 0.618 bits per heavy atom. The SMILES string of the molecule is CC(=Nc1c(Cl)cccc1C(C)(C)C)c1cccc(C(C)=Nc2c(Cl)cccc2C(C)(C)C)n1. The van der Waals surface area contributed by atoms with E-state index in [2.05, 4.69) is 53.7 Å². The summed E-state index contributed by atoms with van der Waals surface area (Å²) in [4.78, 5) is 14.7. The maximum atomic E-state index is 6.55. The zero-order chi connectivity index (χ0) is 25.3. The number of hydrogen-bond donors (Lipinski definition) is 0. The molecule has 0 aliphatic carbocycles. The van der Waals surface area contributed by atoms with Crippen LogP contribution in [0.25, 0.3) is 0 Å². The van der Waals surface area contributed by atoms with Crippen LogP contribution >= 0.6 is 23.2 Å². The number of para-hydroxylation sites is 2. The van der Waals surface area contributed by atoms with Gasteiger partial charge in [-0.25, -0.2) is 15.0 Å². The van der Waals surface area contributed by atoms with E-state index in [1.807, 2.05) is 56.3 Å². The summed E-state index contributed by atoms with van der Waals surface area (Å²) in [6, 6.07) is 17.7. The van der Waals surface area contributed by atoms with Crippen LogP contribution in [0.1, 0.15) is 77.9 Å². The van der Waals surface area contributed by atoms with E-state index in [-0.39, 0.29) is 10.8 Å². The molecule has 1 aromatic heterocycles. The van der Waals surface area contributed by atoms with Crippen LogP contribution in [-0.4, -0.2) is 16.4 Å². The van der Waals surface area contributed by atoms with Crippen molar-refractivity contribution in [1.82, 2.24) is 4.98 Å². The van der Waals surface area contributed by atoms with Gasteiger partial charge in [0.15, 0.2) is 0 Å². The lowest BCUT2D eigenvalue weighted by Gasteiger charge is -2.22. The highest BCUT2D eigenvalue weighted by atomic mass is 35.5. The van der Waals surface area contributed by atoms with Crippen LogP contribution in [0.15, 0.2) is 64.6 Å². The van der Waals surface area contributed by atoms with Crippen molar-refractivity contribution in [2.75, 3.05) is 0 Å². The lowest BCUT2D eigenvalue weighted by atomic mass is 9.86. The molecule has 0 radical (unpaired) electrons. The Kier molecular flexibility index (Phi) is 7.69. The molecule has 2 aromatic carbocycles. The predicted molar refractivity (Wildman–Crippen MR) is 148 cm³/mol. The highest BCUT2D eigenvalue weighted by molar-refractivity contribution is 6.33. The number of halogens is 2. The Hall–Kier alpha value is -2.49. The Morgan fingerprint density at radius 2 is 0.971 bits per heavy atom. The van der Waals surface area contributed by atoms with Crippen molar-refractivity contribution >= 4 is 46.0 Å². The molecule has 0 amide bonds. The minimum absolute atomic E-state index is 0.0811. The normalized spacial score (nSPS) is 13.4. The highest BCUT2D eigenvalue weighted by Gasteiger charge is 2.21. The molecular weight excluding hydrogens is 461 g/mol. The summed E-state index contributed by atoms with van der Waals surface area (Å²) in [5, 5.41) is 1.27. The molecule has 0 saturated heterocycles. The molecule has 0 unspecified atom stereocenters. The van der Waals surface area contributed by atoms with Crippen LogP contribution in [0.4, 0.5) is 11.4 Å². The van der Waals surface area contributed by atoms with Gasteiger partial charge in [-0.05, 0) is 60.1 Å². The molecule has 1 heterocycles. The monoisotopic (exact) mass is 493 g/mol. The molecule has 178 valence electrons. The summed E-state index contributed by atoms with van der Waals surface area (Å²) < 4.78 is 0. The van der Waals surface area contributed by atoms with E-state index >= 15 is 0 Å². The molecule has 0 bridgehead atoms. The number of aromatic nitrogens is 1. The van der Waals surface area contributed by atoms with Crippen LogP contribution in [0, 0.1) is 0 Å². The van der Waals surface area contributed by atoms with Crippen molar-refractivity contribution in [2.45, 2.75) is 66.2 Å². The Labute approximate surface area is 214 Å². The number of rotatable bonds is 4. The molecule has 0 fully saturated rings. The van der Waals surface area contributed by atoms with Crippen molar-refractivity contribution in [1.29, 1.82) is 0 Å². The van der Waals surface area contributed by atoms with Gasteiger partial charge in [-0.1, -0.05) is 95.1 Å². The average molecular weight is 495 g/mol. The lowest BCUT2D eigenvalue weighted by Crippen LogP contribution is -2.12. The summed E-state index contributed by atoms with van der Waals surface area (Å²) in [5.74, 6) is 0. The van der Waals surface area contributed by atoms with Crippen molar-refractivity contribution < 1.29 is 0 Å². The summed E-state index contributed by atoms with van der Waals surface area (Å²) >= 11 is 13.1. The Morgan fingerprint density at radius 3 is 1.32 bits per heavy atom. The van der Waals surface area contributed by atoms with Crippen molar-refractivity contribution in [3.05, 3.63) is 87.2 Å². The summed E-state index contributed by atoms with van der Waals surface area (Å²) in [5.41, 5.74) is 6.76. The van der Waals surface area contributed by atoms with Gasteiger partial charge in [0, 0.05) is 0 Å². The van der Waals surface area contributed by atoms with Gasteiger partial charge < -0.3 is 0 Å². The van der Waals surface area contributed by atoms with E-state index in [1.165, 1.54) is 0 Å². The molecule has 0 aliphatic rings. The predicted octanol–water partition coefficient (Wildman–Crippen LogP) is 9.26. The third-order valence-electron chi connectivity index (χ3n) is 5.64. The maximum Gasteiger partial charge on any atom is 0.0857 e. The number of hydrogen-bond acceptors (Lipinski definition) is 3. The fourth-order valence-electron chi connectivity index (χ4n) is 3.76. The van der Waals surface area contributed by atoms with E-state index in [0.717, 1.165) is 45.3 Å². The van der Waals surface area contributed by atoms with Gasteiger partial charge in [0.25, 0.3) is 0 Å². The Bertz CT molecular complexity index is 1160. The smallest absolute Gasteiger partial charge is 0.0857 e. The second kappa shape index (κ2) is 10.0. The summed E-state index contributed by atoms with van der Waals surface area (Å²) in [6.45, 7) is 16.9. The number of benzene rings is 2. The fraction of sp³-hybridized carbons (Fsp3) is 0.345. The molecule has 5 heteroatoms. The van der Waals surface area contributed by atoms with Gasteiger partial charge in [0.05, 0.1) is 44.2 Å². The zero-order valence-corrected chi connectivity index (χ0v) is 22.8. The molecule has 0 aliphatic heterocycles. The molecule has 0 saturated carbocycles. The van der Waals surface area contributed by atoms with Gasteiger partial charge in [-0.2, -0.15) is 0 Å². The minimum atomic E-state index is -0.0811. The first-order chi connectivity index (χ1) is 15.8. The molecule has 3 aromatic rings. The maximum absolute atomic E-state index is 6.55. The summed E-state index contributed by atoms with van der Waals surface area (Å²) in [6.07, 6.45) is 0. The van der Waals surface area contributed by atoms with E-state index in [1.54, 1.807) is 0 Å². The molecule has 3 nitrogen and oxygen atoms in total. The van der Waals surface area contributed by atoms with Crippen LogP contribution < -0.4 is 0 Å². The zero-order valence-electron chi connectivity index (χ0n) is 21.3. The van der Waals surface area contributed by atoms with Gasteiger partial charge in [-0.3, -0.25) is 0 Å². The van der Waals surface area contributed by atoms with Gasteiger partial charge in [0.2, 0.25) is 0 Å². The van der Waals surface area contributed by atoms with Crippen molar-refractivity contribution in [3.63, 3.8) is 0 Å². The van der Waals surface area contributed by atoms with Gasteiger partial charge in [0.1, 0.15) is 0 Å². The lowest BCUT2D eigenvalue weighted by molar-refractivity contribution is 0.591. The fourth-order valence-corrected chi connectivity index (χ4v) is 4.19. The number of aliphatic imine (C=N–C) groups is 2. The molecule has 0 atom stereocenters. The van der Waals surface area contributed by atoms with E-state index in [4.69, 9.17) is 38.2 Å². The highest BCUT2D eigenvalue weighted by Crippen LogP contribution is 2.38.